The van der Waals surface area contributed by atoms with E-state index in [4.69, 9.17) is 17.0 Å². The number of aliphatic imine (C=N–C) groups is 1. The van der Waals surface area contributed by atoms with Gasteiger partial charge in [-0.25, -0.2) is 14.9 Å². The number of esters is 1. The van der Waals surface area contributed by atoms with Crippen LogP contribution >= 0.6 is 23.6 Å². The van der Waals surface area contributed by atoms with Crippen LogP contribution in [0.5, 0.6) is 5.88 Å². The fraction of sp³-hybridized carbons (Fsp3) is 0.235. The summed E-state index contributed by atoms with van der Waals surface area (Å²) in [5.41, 5.74) is 0.930. The lowest BCUT2D eigenvalue weighted by Crippen LogP contribution is -2.24. The first-order valence-electron chi connectivity index (χ1n) is 8.14. The first kappa shape index (κ1) is 18.9. The lowest BCUT2D eigenvalue weighted by molar-refractivity contribution is -0.147. The van der Waals surface area contributed by atoms with Gasteiger partial charge in [0.2, 0.25) is 11.8 Å². The average Bonchev–Trinajstić information content (AvgIpc) is 3.27. The molecule has 3 aromatic rings. The van der Waals surface area contributed by atoms with Crippen molar-refractivity contribution in [1.82, 2.24) is 19.7 Å². The van der Waals surface area contributed by atoms with Crippen LogP contribution in [-0.4, -0.2) is 43.6 Å². The zero-order valence-corrected chi connectivity index (χ0v) is 16.0. The first-order valence-corrected chi connectivity index (χ1v) is 9.37. The molecule has 2 aromatic heterocycles. The largest absolute Gasteiger partial charge is 0.493 e. The van der Waals surface area contributed by atoms with E-state index < -0.39 is 12.0 Å². The lowest BCUT2D eigenvalue weighted by Gasteiger charge is -2.18. The maximum atomic E-state index is 12.6. The van der Waals surface area contributed by atoms with E-state index in [0.29, 0.717) is 21.2 Å². The molecular formula is C17H17N5O3S2. The zero-order valence-electron chi connectivity index (χ0n) is 14.4. The second-order valence-corrected chi connectivity index (χ2v) is 7.13. The van der Waals surface area contributed by atoms with E-state index in [2.05, 4.69) is 20.2 Å². The molecule has 0 fully saturated rings. The summed E-state index contributed by atoms with van der Waals surface area (Å²) in [6.45, 7) is 1.97. The molecule has 2 heterocycles. The van der Waals surface area contributed by atoms with Crippen molar-refractivity contribution in [3.05, 3.63) is 51.1 Å². The third-order valence-corrected chi connectivity index (χ3v) is 5.02. The number of benzene rings is 1. The van der Waals surface area contributed by atoms with E-state index in [1.54, 1.807) is 6.92 Å². The highest BCUT2D eigenvalue weighted by atomic mass is 32.1. The molecule has 0 aliphatic carbocycles. The minimum Gasteiger partial charge on any atom is -0.493 e. The van der Waals surface area contributed by atoms with Crippen LogP contribution in [0.4, 0.5) is 5.95 Å². The Morgan fingerprint density at radius 1 is 1.48 bits per heavy atom. The molecule has 2 N–H and O–H groups in total. The van der Waals surface area contributed by atoms with E-state index in [1.807, 2.05) is 30.3 Å². The van der Waals surface area contributed by atoms with Gasteiger partial charge < -0.3 is 9.84 Å². The van der Waals surface area contributed by atoms with Crippen LogP contribution in [0.15, 0.2) is 41.7 Å². The molecule has 0 aliphatic rings. The predicted molar refractivity (Wildman–Crippen MR) is 104 cm³/mol. The third kappa shape index (κ3) is 4.47. The number of ether oxygens (including phenoxy) is 1. The van der Waals surface area contributed by atoms with Gasteiger partial charge >= 0.3 is 5.97 Å². The van der Waals surface area contributed by atoms with Gasteiger partial charge in [-0.1, -0.05) is 41.7 Å². The molecule has 140 valence electrons. The van der Waals surface area contributed by atoms with Crippen LogP contribution in [0.3, 0.4) is 0 Å². The summed E-state index contributed by atoms with van der Waals surface area (Å²) in [5.74, 6) is -0.293. The van der Waals surface area contributed by atoms with Gasteiger partial charge in [-0.3, -0.25) is 4.57 Å². The van der Waals surface area contributed by atoms with Crippen molar-refractivity contribution >= 4 is 41.7 Å². The Labute approximate surface area is 164 Å². The molecule has 8 nitrogen and oxygen atoms in total. The fourth-order valence-electron chi connectivity index (χ4n) is 2.49. The number of H-pyrrole nitrogens is 1. The number of nitrogens with zero attached hydrogens (tertiary/aromatic N) is 4. The van der Waals surface area contributed by atoms with Crippen LogP contribution in [0, 0.1) is 3.95 Å². The molecule has 0 amide bonds. The number of aromatic nitrogens is 4. The summed E-state index contributed by atoms with van der Waals surface area (Å²) in [6, 6.07) is 8.72. The maximum Gasteiger partial charge on any atom is 0.329 e. The van der Waals surface area contributed by atoms with E-state index >= 15 is 0 Å². The topological polar surface area (TPSA) is 105 Å². The Kier molecular flexibility index (Phi) is 6.09. The Balaban J connectivity index is 1.96. The minimum absolute atomic E-state index is 0.137. The van der Waals surface area contributed by atoms with E-state index in [9.17, 15) is 9.90 Å². The van der Waals surface area contributed by atoms with Crippen molar-refractivity contribution < 1.29 is 14.6 Å². The fourth-order valence-corrected chi connectivity index (χ4v) is 3.77. The number of aromatic amines is 1. The number of thiazole rings is 1. The Hall–Kier alpha value is -2.85. The van der Waals surface area contributed by atoms with E-state index in [0.717, 1.165) is 16.9 Å². The highest BCUT2D eigenvalue weighted by molar-refractivity contribution is 7.73. The standard InChI is InChI=1S/C17H17N5O3S2/c1-2-25-15(24)12(8-11-6-4-3-5-7-11)22-14(23)13(27-17(22)26)9-18-16-19-10-20-21-16/h3-7,9-10,12,23H,2,8H2,1H3,(H,19,20,21)/t12-/m0/s1. The van der Waals surface area contributed by atoms with E-state index in [1.165, 1.54) is 17.1 Å². The predicted octanol–water partition coefficient (Wildman–Crippen LogP) is 3.20. The van der Waals surface area contributed by atoms with Crippen LogP contribution in [-0.2, 0) is 16.0 Å². The molecule has 3 rings (SSSR count). The number of aromatic hydroxyl groups is 1. The highest BCUT2D eigenvalue weighted by Crippen LogP contribution is 2.31. The number of hydrogen-bond acceptors (Lipinski definition) is 8. The van der Waals surface area contributed by atoms with Gasteiger partial charge in [-0.2, -0.15) is 10.1 Å². The van der Waals surface area contributed by atoms with Gasteiger partial charge in [0.1, 0.15) is 17.2 Å². The smallest absolute Gasteiger partial charge is 0.329 e. The highest BCUT2D eigenvalue weighted by Gasteiger charge is 2.27. The van der Waals surface area contributed by atoms with E-state index in [-0.39, 0.29) is 12.5 Å². The first-order chi connectivity index (χ1) is 13.1. The lowest BCUT2D eigenvalue weighted by atomic mass is 10.1. The molecule has 0 spiro atoms. The normalized spacial score (nSPS) is 12.3. The van der Waals surface area contributed by atoms with Crippen molar-refractivity contribution in [3.63, 3.8) is 0 Å². The summed E-state index contributed by atoms with van der Waals surface area (Å²) < 4.78 is 6.96. The molecule has 27 heavy (non-hydrogen) atoms. The van der Waals surface area contributed by atoms with Crippen molar-refractivity contribution in [3.8, 4) is 5.88 Å². The van der Waals surface area contributed by atoms with Crippen LogP contribution in [0.25, 0.3) is 0 Å². The molecular weight excluding hydrogens is 386 g/mol. The van der Waals surface area contributed by atoms with Gasteiger partial charge in [-0.05, 0) is 24.7 Å². The van der Waals surface area contributed by atoms with Crippen molar-refractivity contribution in [2.75, 3.05) is 6.61 Å². The molecule has 0 saturated heterocycles. The Morgan fingerprint density at radius 2 is 2.26 bits per heavy atom. The SMILES string of the molecule is CCOC(=O)[C@H](Cc1ccccc1)n1c(O)c(C=Nc2ncn[nH]2)sc1=S. The number of carbonyl (C=O) groups is 1. The number of hydrogen-bond donors (Lipinski definition) is 2. The molecule has 1 atom stereocenters. The van der Waals surface area contributed by atoms with Gasteiger partial charge in [-0.15, -0.1) is 0 Å². The average molecular weight is 403 g/mol. The quantitative estimate of drug-likeness (QED) is 0.357. The molecule has 0 aliphatic heterocycles. The summed E-state index contributed by atoms with van der Waals surface area (Å²) in [7, 11) is 0. The van der Waals surface area contributed by atoms with Gasteiger partial charge in [0.25, 0.3) is 0 Å². The van der Waals surface area contributed by atoms with Crippen LogP contribution < -0.4 is 0 Å². The number of nitrogens with one attached hydrogen (secondary N) is 1. The molecule has 10 heteroatoms. The summed E-state index contributed by atoms with van der Waals surface area (Å²) in [6.07, 6.45) is 3.10. The number of rotatable bonds is 7. The van der Waals surface area contributed by atoms with Gasteiger partial charge in [0, 0.05) is 6.42 Å². The Morgan fingerprint density at radius 3 is 2.93 bits per heavy atom. The van der Waals surface area contributed by atoms with Gasteiger partial charge in [0.05, 0.1) is 12.8 Å². The second kappa shape index (κ2) is 8.69. The van der Waals surface area contributed by atoms with Gasteiger partial charge in [0.15, 0.2) is 3.95 Å². The van der Waals surface area contributed by atoms with Crippen molar-refractivity contribution in [1.29, 1.82) is 0 Å². The number of carbonyl (C=O) groups excluding carboxylic acids is 1. The second-order valence-electron chi connectivity index (χ2n) is 5.45. The summed E-state index contributed by atoms with van der Waals surface area (Å²) >= 11 is 6.53. The zero-order chi connectivity index (χ0) is 19.2. The molecule has 0 unspecified atom stereocenters. The maximum absolute atomic E-state index is 12.6. The molecule has 0 radical (unpaired) electrons. The van der Waals surface area contributed by atoms with Crippen LogP contribution in [0.1, 0.15) is 23.4 Å². The summed E-state index contributed by atoms with van der Waals surface area (Å²) in [4.78, 5) is 21.0. The van der Waals surface area contributed by atoms with Crippen molar-refractivity contribution in [2.45, 2.75) is 19.4 Å². The molecule has 0 bridgehead atoms. The minimum atomic E-state index is -0.775. The molecule has 0 saturated carbocycles. The van der Waals surface area contributed by atoms with Crippen LogP contribution in [0.2, 0.25) is 0 Å². The summed E-state index contributed by atoms with van der Waals surface area (Å²) in [5, 5.41) is 17.0. The van der Waals surface area contributed by atoms with Crippen molar-refractivity contribution in [2.24, 2.45) is 4.99 Å². The third-order valence-electron chi connectivity index (χ3n) is 3.69. The molecule has 1 aromatic carbocycles. The Bertz CT molecular complexity index is 980. The monoisotopic (exact) mass is 403 g/mol.